The highest BCUT2D eigenvalue weighted by atomic mass is 19.2. The Hall–Kier alpha value is -4.01. The normalized spacial score (nSPS) is 14.4. The van der Waals surface area contributed by atoms with Gasteiger partial charge in [0.25, 0.3) is 5.69 Å². The Bertz CT molecular complexity index is 1470. The number of nitro groups is 1. The van der Waals surface area contributed by atoms with Crippen LogP contribution in [0, 0.1) is 24.0 Å². The molecule has 0 fully saturated rings. The molecule has 1 aromatic heterocycles. The van der Waals surface area contributed by atoms with Gasteiger partial charge in [0.05, 0.1) is 16.2 Å². The minimum atomic E-state index is -2.77. The number of hydrogen-bond acceptors (Lipinski definition) is 4. The van der Waals surface area contributed by atoms with Gasteiger partial charge in [0.1, 0.15) is 0 Å². The first-order valence-corrected chi connectivity index (χ1v) is 11.5. The third-order valence-electron chi connectivity index (χ3n) is 6.33. The molecule has 0 aliphatic carbocycles. The maximum absolute atomic E-state index is 14.2. The highest BCUT2D eigenvalue weighted by molar-refractivity contribution is 6.41. The van der Waals surface area contributed by atoms with E-state index in [2.05, 4.69) is 4.99 Å². The summed E-state index contributed by atoms with van der Waals surface area (Å²) in [7, 11) is 1.03. The predicted octanol–water partition coefficient (Wildman–Crippen LogP) is 6.70. The number of nitrogens with zero attached hydrogens (tertiary/aromatic N) is 4. The van der Waals surface area contributed by atoms with E-state index in [4.69, 9.17) is 0 Å². The van der Waals surface area contributed by atoms with Gasteiger partial charge in [0.15, 0.2) is 0 Å². The van der Waals surface area contributed by atoms with Crippen LogP contribution in [-0.4, -0.2) is 36.6 Å². The number of allylic oxidation sites excluding steroid dienone is 2. The first-order valence-electron chi connectivity index (χ1n) is 11.5. The molecule has 184 valence electrons. The van der Waals surface area contributed by atoms with Crippen LogP contribution in [0.15, 0.2) is 70.9 Å². The van der Waals surface area contributed by atoms with Crippen molar-refractivity contribution in [3.05, 3.63) is 98.5 Å². The maximum Gasteiger partial charge on any atom is 0.677 e. The fraction of sp³-hybridized carbons (Fsp3) is 0.222. The van der Waals surface area contributed by atoms with Crippen LogP contribution in [0.5, 0.6) is 0 Å². The van der Waals surface area contributed by atoms with Crippen molar-refractivity contribution in [3.63, 3.8) is 0 Å². The third-order valence-corrected chi connectivity index (χ3v) is 6.33. The number of benzene rings is 2. The van der Waals surface area contributed by atoms with Gasteiger partial charge < -0.3 is 9.38 Å². The summed E-state index contributed by atoms with van der Waals surface area (Å²) in [6.07, 6.45) is 1.88. The quantitative estimate of drug-likeness (QED) is 0.220. The lowest BCUT2D eigenvalue weighted by Crippen LogP contribution is -2.18. The third kappa shape index (κ3) is 4.48. The number of nitro benzene ring substituents is 1. The molecule has 0 N–H and O–H groups in total. The van der Waals surface area contributed by atoms with Crippen LogP contribution in [0.1, 0.15) is 36.4 Å². The SMILES string of the molecule is CC1=CC(C)=N/C1=C(/c1ccc(-c2cccc(N(C)C)c2)c([N+](=O)[O-])c1)c1c(C)cc(C)n1B(F)F. The van der Waals surface area contributed by atoms with Crippen LogP contribution in [-0.2, 0) is 0 Å². The molecule has 3 aromatic rings. The average Bonchev–Trinajstić information content (AvgIpc) is 3.30. The molecule has 4 rings (SSSR count). The monoisotopic (exact) mass is 488 g/mol. The average molecular weight is 488 g/mol. The molecule has 0 unspecified atom stereocenters. The van der Waals surface area contributed by atoms with E-state index in [1.165, 1.54) is 6.07 Å². The standard InChI is InChI=1S/C27H27BF2N4O2/c1-16-12-18(3)31-26(16)25(27-17(2)13-19(4)33(27)28(29)30)21-10-11-23(24(15-21)34(35)36)20-8-7-9-22(14-20)32(5)6/h7-15H,1-6H3/b26-25-. The molecule has 2 heterocycles. The number of aryl methyl sites for hydroxylation is 2. The van der Waals surface area contributed by atoms with Crippen molar-refractivity contribution >= 4 is 30.1 Å². The van der Waals surface area contributed by atoms with E-state index >= 15 is 0 Å². The van der Waals surface area contributed by atoms with Crippen molar-refractivity contribution in [2.45, 2.75) is 27.7 Å². The highest BCUT2D eigenvalue weighted by Crippen LogP contribution is 2.40. The summed E-state index contributed by atoms with van der Waals surface area (Å²) in [6, 6.07) is 14.1. The second kappa shape index (κ2) is 9.56. The van der Waals surface area contributed by atoms with Gasteiger partial charge in [-0.25, -0.2) is 0 Å². The van der Waals surface area contributed by atoms with Crippen LogP contribution in [0.4, 0.5) is 20.0 Å². The molecule has 0 amide bonds. The minimum Gasteiger partial charge on any atom is -0.378 e. The first-order chi connectivity index (χ1) is 17.0. The number of anilines is 1. The molecule has 9 heteroatoms. The molecule has 0 bridgehead atoms. The molecule has 0 saturated carbocycles. The predicted molar refractivity (Wildman–Crippen MR) is 143 cm³/mol. The summed E-state index contributed by atoms with van der Waals surface area (Å²) < 4.78 is 29.4. The second-order valence-corrected chi connectivity index (χ2v) is 9.20. The molecule has 1 aliphatic rings. The number of aliphatic imine (C=N–C) groups is 1. The fourth-order valence-corrected chi connectivity index (χ4v) is 4.74. The van der Waals surface area contributed by atoms with Crippen LogP contribution >= 0.6 is 0 Å². The van der Waals surface area contributed by atoms with Crippen LogP contribution in [0.3, 0.4) is 0 Å². The summed E-state index contributed by atoms with van der Waals surface area (Å²) in [5, 5.41) is 12.2. The van der Waals surface area contributed by atoms with Crippen molar-refractivity contribution in [3.8, 4) is 11.1 Å². The van der Waals surface area contributed by atoms with E-state index in [9.17, 15) is 18.7 Å². The number of halogens is 2. The Morgan fingerprint density at radius 2 is 1.78 bits per heavy atom. The van der Waals surface area contributed by atoms with Crippen molar-refractivity contribution in [2.24, 2.45) is 4.99 Å². The van der Waals surface area contributed by atoms with Crippen molar-refractivity contribution in [2.75, 3.05) is 19.0 Å². The second-order valence-electron chi connectivity index (χ2n) is 9.20. The topological polar surface area (TPSA) is 63.7 Å². The van der Waals surface area contributed by atoms with Crippen LogP contribution in [0.2, 0.25) is 0 Å². The summed E-state index contributed by atoms with van der Waals surface area (Å²) >= 11 is 0. The zero-order chi connectivity index (χ0) is 26.3. The van der Waals surface area contributed by atoms with Gasteiger partial charge >= 0.3 is 7.40 Å². The number of aromatic nitrogens is 1. The molecule has 0 radical (unpaired) electrons. The Kier molecular flexibility index (Phi) is 6.67. The molecule has 1 aliphatic heterocycles. The zero-order valence-corrected chi connectivity index (χ0v) is 21.1. The lowest BCUT2D eigenvalue weighted by molar-refractivity contribution is -0.384. The Morgan fingerprint density at radius 3 is 2.36 bits per heavy atom. The summed E-state index contributed by atoms with van der Waals surface area (Å²) in [6.45, 7) is 7.09. The molecule has 2 aromatic carbocycles. The molecular weight excluding hydrogens is 461 g/mol. The smallest absolute Gasteiger partial charge is 0.378 e. The van der Waals surface area contributed by atoms with Gasteiger partial charge in [0.2, 0.25) is 0 Å². The van der Waals surface area contributed by atoms with E-state index in [1.807, 2.05) is 63.2 Å². The molecule has 6 nitrogen and oxygen atoms in total. The van der Waals surface area contributed by atoms with Crippen LogP contribution < -0.4 is 4.90 Å². The Morgan fingerprint density at radius 1 is 1.06 bits per heavy atom. The van der Waals surface area contributed by atoms with Crippen molar-refractivity contribution < 1.29 is 13.6 Å². The molecule has 0 atom stereocenters. The highest BCUT2D eigenvalue weighted by Gasteiger charge is 2.30. The summed E-state index contributed by atoms with van der Waals surface area (Å²) in [5.74, 6) is 0. The minimum absolute atomic E-state index is 0.105. The molecule has 0 spiro atoms. The lowest BCUT2D eigenvalue weighted by atomic mass is 9.92. The van der Waals surface area contributed by atoms with Gasteiger partial charge in [-0.15, -0.1) is 0 Å². The van der Waals surface area contributed by atoms with Crippen molar-refractivity contribution in [1.82, 2.24) is 4.48 Å². The maximum atomic E-state index is 14.2. The van der Waals surface area contributed by atoms with Crippen LogP contribution in [0.25, 0.3) is 16.7 Å². The van der Waals surface area contributed by atoms with E-state index < -0.39 is 12.3 Å². The largest absolute Gasteiger partial charge is 0.677 e. The van der Waals surface area contributed by atoms with Gasteiger partial charge in [-0.1, -0.05) is 18.2 Å². The van der Waals surface area contributed by atoms with Gasteiger partial charge in [-0.2, -0.15) is 0 Å². The Balaban J connectivity index is 2.02. The number of hydrogen-bond donors (Lipinski definition) is 0. The fourth-order valence-electron chi connectivity index (χ4n) is 4.74. The lowest BCUT2D eigenvalue weighted by Gasteiger charge is -2.17. The van der Waals surface area contributed by atoms with E-state index in [0.717, 1.165) is 21.5 Å². The van der Waals surface area contributed by atoms with E-state index in [1.54, 1.807) is 32.0 Å². The van der Waals surface area contributed by atoms with E-state index in [0.29, 0.717) is 44.9 Å². The van der Waals surface area contributed by atoms with Gasteiger partial charge in [-0.3, -0.25) is 23.7 Å². The molecular formula is C27H27BF2N4O2. The number of rotatable bonds is 6. The summed E-state index contributed by atoms with van der Waals surface area (Å²) in [5.41, 5.74) is 6.31. The molecule has 0 saturated heterocycles. The first kappa shape index (κ1) is 25.1. The molecule has 36 heavy (non-hydrogen) atoms. The van der Waals surface area contributed by atoms with Gasteiger partial charge in [-0.05, 0) is 80.3 Å². The van der Waals surface area contributed by atoms with Gasteiger partial charge in [0, 0.05) is 48.5 Å². The zero-order valence-electron chi connectivity index (χ0n) is 21.1. The summed E-state index contributed by atoms with van der Waals surface area (Å²) in [4.78, 5) is 18.3. The van der Waals surface area contributed by atoms with E-state index in [-0.39, 0.29) is 5.69 Å². The van der Waals surface area contributed by atoms with Crippen molar-refractivity contribution in [1.29, 1.82) is 0 Å². The Labute approximate surface area is 209 Å².